The summed E-state index contributed by atoms with van der Waals surface area (Å²) in [6, 6.07) is 6.27. The highest BCUT2D eigenvalue weighted by atomic mass is 32.2. The van der Waals surface area contributed by atoms with Crippen molar-refractivity contribution in [3.05, 3.63) is 35.6 Å². The summed E-state index contributed by atoms with van der Waals surface area (Å²) in [5, 5.41) is 2.98. The van der Waals surface area contributed by atoms with Crippen LogP contribution in [0.5, 0.6) is 0 Å². The van der Waals surface area contributed by atoms with E-state index in [1.807, 2.05) is 0 Å². The average Bonchev–Trinajstić information content (AvgIpc) is 2.16. The molecule has 90 valence electrons. The third-order valence-electron chi connectivity index (χ3n) is 2.30. The zero-order valence-electron chi connectivity index (χ0n) is 9.40. The molecule has 1 atom stereocenters. The maximum absolute atomic E-state index is 13.3. The topological polar surface area (TPSA) is 46.2 Å². The number of rotatable bonds is 5. The highest BCUT2D eigenvalue weighted by Gasteiger charge is 2.10. The molecule has 0 aliphatic heterocycles. The van der Waals surface area contributed by atoms with Crippen LogP contribution in [0.15, 0.2) is 24.3 Å². The zero-order valence-corrected chi connectivity index (χ0v) is 10.2. The molecule has 0 aromatic heterocycles. The Morgan fingerprint density at radius 3 is 2.56 bits per heavy atom. The molecule has 1 aromatic rings. The van der Waals surface area contributed by atoms with Gasteiger partial charge in [0.15, 0.2) is 0 Å². The van der Waals surface area contributed by atoms with Crippen LogP contribution in [-0.2, 0) is 9.84 Å². The molecule has 5 heteroatoms. The molecule has 16 heavy (non-hydrogen) atoms. The van der Waals surface area contributed by atoms with E-state index in [-0.39, 0.29) is 17.6 Å². The Morgan fingerprint density at radius 1 is 1.38 bits per heavy atom. The summed E-state index contributed by atoms with van der Waals surface area (Å²) in [6.45, 7) is 2.13. The van der Waals surface area contributed by atoms with E-state index in [4.69, 9.17) is 0 Å². The Labute approximate surface area is 95.6 Å². The second-order valence-corrected chi connectivity index (χ2v) is 6.09. The van der Waals surface area contributed by atoms with Gasteiger partial charge in [0.05, 0.1) is 5.75 Å². The lowest BCUT2D eigenvalue weighted by molar-refractivity contribution is 0.537. The molecule has 0 fully saturated rings. The first-order chi connectivity index (χ1) is 7.40. The predicted octanol–water partition coefficient (Wildman–Crippen LogP) is 1.52. The van der Waals surface area contributed by atoms with Gasteiger partial charge in [0.25, 0.3) is 0 Å². The molecule has 0 saturated carbocycles. The third kappa shape index (κ3) is 4.28. The van der Waals surface area contributed by atoms with Crippen LogP contribution >= 0.6 is 0 Å². The molecule has 0 bridgehead atoms. The average molecular weight is 245 g/mol. The van der Waals surface area contributed by atoms with Crippen molar-refractivity contribution in [2.45, 2.75) is 13.0 Å². The van der Waals surface area contributed by atoms with Gasteiger partial charge in [0.2, 0.25) is 0 Å². The fourth-order valence-corrected chi connectivity index (χ4v) is 1.89. The maximum Gasteiger partial charge on any atom is 0.148 e. The molecular formula is C11H16FNO2S. The van der Waals surface area contributed by atoms with Gasteiger partial charge in [-0.1, -0.05) is 18.2 Å². The van der Waals surface area contributed by atoms with E-state index in [9.17, 15) is 12.8 Å². The smallest absolute Gasteiger partial charge is 0.148 e. The molecule has 1 aromatic carbocycles. The van der Waals surface area contributed by atoms with Gasteiger partial charge in [0.1, 0.15) is 15.7 Å². The summed E-state index contributed by atoms with van der Waals surface area (Å²) >= 11 is 0. The van der Waals surface area contributed by atoms with E-state index in [1.165, 1.54) is 12.3 Å². The monoisotopic (exact) mass is 245 g/mol. The van der Waals surface area contributed by atoms with Gasteiger partial charge in [-0.2, -0.15) is 0 Å². The Morgan fingerprint density at radius 2 is 2.00 bits per heavy atom. The van der Waals surface area contributed by atoms with Crippen LogP contribution in [0.25, 0.3) is 0 Å². The normalized spacial score (nSPS) is 13.7. The lowest BCUT2D eigenvalue weighted by atomic mass is 10.1. The summed E-state index contributed by atoms with van der Waals surface area (Å²) < 4.78 is 35.1. The number of benzene rings is 1. The molecular weight excluding hydrogens is 229 g/mol. The van der Waals surface area contributed by atoms with E-state index < -0.39 is 9.84 Å². The molecule has 0 aliphatic carbocycles. The second-order valence-electron chi connectivity index (χ2n) is 3.83. The molecule has 1 N–H and O–H groups in total. The summed E-state index contributed by atoms with van der Waals surface area (Å²) in [4.78, 5) is 0. The fraction of sp³-hybridized carbons (Fsp3) is 0.455. The van der Waals surface area contributed by atoms with E-state index >= 15 is 0 Å². The van der Waals surface area contributed by atoms with Gasteiger partial charge >= 0.3 is 0 Å². The number of sulfone groups is 1. The van der Waals surface area contributed by atoms with Crippen molar-refractivity contribution in [3.8, 4) is 0 Å². The molecule has 0 heterocycles. The van der Waals surface area contributed by atoms with Crippen molar-refractivity contribution in [1.82, 2.24) is 5.32 Å². The summed E-state index contributed by atoms with van der Waals surface area (Å²) in [5.41, 5.74) is 0.552. The van der Waals surface area contributed by atoms with Crippen LogP contribution in [0, 0.1) is 5.82 Å². The third-order valence-corrected chi connectivity index (χ3v) is 3.24. The van der Waals surface area contributed by atoms with E-state index in [0.717, 1.165) is 0 Å². The van der Waals surface area contributed by atoms with Crippen LogP contribution in [0.4, 0.5) is 4.39 Å². The van der Waals surface area contributed by atoms with Crippen LogP contribution < -0.4 is 5.32 Å². The zero-order chi connectivity index (χ0) is 12.2. The number of halogens is 1. The molecule has 0 amide bonds. The van der Waals surface area contributed by atoms with Crippen molar-refractivity contribution in [2.24, 2.45) is 0 Å². The summed E-state index contributed by atoms with van der Waals surface area (Å²) in [7, 11) is -2.97. The minimum Gasteiger partial charge on any atom is -0.309 e. The fourth-order valence-electron chi connectivity index (χ4n) is 1.40. The van der Waals surface area contributed by atoms with Gasteiger partial charge in [0, 0.05) is 24.4 Å². The van der Waals surface area contributed by atoms with Gasteiger partial charge < -0.3 is 5.32 Å². The predicted molar refractivity (Wildman–Crippen MR) is 62.5 cm³/mol. The SMILES string of the molecule is C[C@@H](NCCS(C)(=O)=O)c1ccccc1F. The Bertz CT molecular complexity index is 445. The van der Waals surface area contributed by atoms with Crippen LogP contribution in [0.3, 0.4) is 0 Å². The van der Waals surface area contributed by atoms with Gasteiger partial charge in [-0.25, -0.2) is 12.8 Å². The molecule has 0 aliphatic rings. The number of hydrogen-bond acceptors (Lipinski definition) is 3. The van der Waals surface area contributed by atoms with Crippen LogP contribution in [0.1, 0.15) is 18.5 Å². The largest absolute Gasteiger partial charge is 0.309 e. The van der Waals surface area contributed by atoms with Crippen LogP contribution in [0.2, 0.25) is 0 Å². The quantitative estimate of drug-likeness (QED) is 0.855. The molecule has 0 unspecified atom stereocenters. The Balaban J connectivity index is 2.54. The van der Waals surface area contributed by atoms with Gasteiger partial charge in [-0.3, -0.25) is 0 Å². The molecule has 0 radical (unpaired) electrons. The second kappa shape index (κ2) is 5.41. The first-order valence-electron chi connectivity index (χ1n) is 5.05. The minimum atomic E-state index is -2.97. The van der Waals surface area contributed by atoms with Crippen molar-refractivity contribution < 1.29 is 12.8 Å². The summed E-state index contributed by atoms with van der Waals surface area (Å²) in [5.74, 6) is -0.215. The van der Waals surface area contributed by atoms with E-state index in [0.29, 0.717) is 12.1 Å². The molecule has 0 spiro atoms. The number of hydrogen-bond donors (Lipinski definition) is 1. The van der Waals surface area contributed by atoms with Crippen molar-refractivity contribution in [1.29, 1.82) is 0 Å². The minimum absolute atomic E-state index is 0.0613. The standard InChI is InChI=1S/C11H16FNO2S/c1-9(13-7-8-16(2,14)15)10-5-3-4-6-11(10)12/h3-6,9,13H,7-8H2,1-2H3/t9-/m1/s1. The molecule has 3 nitrogen and oxygen atoms in total. The molecule has 1 rings (SSSR count). The molecule has 0 saturated heterocycles. The van der Waals surface area contributed by atoms with E-state index in [2.05, 4.69) is 5.32 Å². The van der Waals surface area contributed by atoms with Crippen molar-refractivity contribution >= 4 is 9.84 Å². The van der Waals surface area contributed by atoms with Gasteiger partial charge in [-0.05, 0) is 13.0 Å². The highest BCUT2D eigenvalue weighted by molar-refractivity contribution is 7.90. The lowest BCUT2D eigenvalue weighted by Crippen LogP contribution is -2.25. The first kappa shape index (κ1) is 13.1. The Kier molecular flexibility index (Phi) is 4.44. The lowest BCUT2D eigenvalue weighted by Gasteiger charge is -2.14. The van der Waals surface area contributed by atoms with Crippen molar-refractivity contribution in [3.63, 3.8) is 0 Å². The first-order valence-corrected chi connectivity index (χ1v) is 7.12. The van der Waals surface area contributed by atoms with E-state index in [1.54, 1.807) is 25.1 Å². The summed E-state index contributed by atoms with van der Waals surface area (Å²) in [6.07, 6.45) is 1.18. The van der Waals surface area contributed by atoms with Crippen LogP contribution in [-0.4, -0.2) is 27.0 Å². The number of nitrogens with one attached hydrogen (secondary N) is 1. The van der Waals surface area contributed by atoms with Gasteiger partial charge in [-0.15, -0.1) is 0 Å². The maximum atomic E-state index is 13.3. The Hall–Kier alpha value is -0.940. The van der Waals surface area contributed by atoms with Crippen molar-refractivity contribution in [2.75, 3.05) is 18.6 Å². The highest BCUT2D eigenvalue weighted by Crippen LogP contribution is 2.15.